The Labute approximate surface area is 165 Å². The van der Waals surface area contributed by atoms with Gasteiger partial charge >= 0.3 is 5.97 Å². The third-order valence-corrected chi connectivity index (χ3v) is 4.22. The van der Waals surface area contributed by atoms with E-state index >= 15 is 0 Å². The Morgan fingerprint density at radius 3 is 2.71 bits per heavy atom. The highest BCUT2D eigenvalue weighted by Crippen LogP contribution is 2.30. The zero-order chi connectivity index (χ0) is 20.3. The zero-order valence-electron chi connectivity index (χ0n) is 14.8. The number of carboxylic acid groups (broad SMARTS) is 1. The molecule has 2 aromatic rings. The molecule has 8 nitrogen and oxygen atoms in total. The van der Waals surface area contributed by atoms with E-state index in [-0.39, 0.29) is 30.2 Å². The first-order valence-electron chi connectivity index (χ1n) is 8.17. The number of carbonyl (C=O) groups is 3. The summed E-state index contributed by atoms with van der Waals surface area (Å²) in [6, 6.07) is 9.28. The summed E-state index contributed by atoms with van der Waals surface area (Å²) in [6.45, 7) is -0.826. The molecule has 0 spiro atoms. The van der Waals surface area contributed by atoms with Gasteiger partial charge in [-0.05, 0) is 35.9 Å². The topological polar surface area (TPSA) is 102 Å². The van der Waals surface area contributed by atoms with Crippen molar-refractivity contribution in [2.75, 3.05) is 20.3 Å². The summed E-state index contributed by atoms with van der Waals surface area (Å²) < 4.78 is 15.8. The van der Waals surface area contributed by atoms with Gasteiger partial charge in [0.2, 0.25) is 0 Å². The molecule has 0 fully saturated rings. The van der Waals surface area contributed by atoms with Crippen LogP contribution in [0.5, 0.6) is 17.2 Å². The largest absolute Gasteiger partial charge is 0.493 e. The van der Waals surface area contributed by atoms with Gasteiger partial charge in [-0.1, -0.05) is 17.7 Å². The van der Waals surface area contributed by atoms with Crippen LogP contribution < -0.4 is 14.2 Å². The lowest BCUT2D eigenvalue weighted by molar-refractivity contribution is -0.139. The summed E-state index contributed by atoms with van der Waals surface area (Å²) in [4.78, 5) is 37.0. The second-order valence-corrected chi connectivity index (χ2v) is 6.32. The van der Waals surface area contributed by atoms with E-state index in [1.54, 1.807) is 24.3 Å². The second kappa shape index (κ2) is 8.18. The van der Waals surface area contributed by atoms with Crippen LogP contribution in [0.4, 0.5) is 0 Å². The zero-order valence-corrected chi connectivity index (χ0v) is 15.6. The lowest BCUT2D eigenvalue weighted by Crippen LogP contribution is -2.37. The first-order valence-corrected chi connectivity index (χ1v) is 8.55. The Balaban J connectivity index is 1.86. The maximum Gasteiger partial charge on any atom is 0.341 e. The van der Waals surface area contributed by atoms with Gasteiger partial charge in [-0.15, -0.1) is 0 Å². The standard InChI is InChI=1S/C19H16ClNO7/c1-26-16-6-11(2-4-15(16)28-10-18(23)24)8-21-17(22)9-27-14-5-3-12(20)7-13(14)19(21)25/h2-7H,8-10H2,1H3,(H,23,24). The average Bonchev–Trinajstić information content (AvgIpc) is 2.78. The van der Waals surface area contributed by atoms with Crippen molar-refractivity contribution in [3.63, 3.8) is 0 Å². The molecule has 0 saturated carbocycles. The Hall–Kier alpha value is -3.26. The number of imide groups is 1. The number of benzene rings is 2. The molecule has 0 radical (unpaired) electrons. The van der Waals surface area contributed by atoms with Crippen LogP contribution in [0, 0.1) is 0 Å². The molecule has 9 heteroatoms. The molecule has 2 amide bonds. The van der Waals surface area contributed by atoms with Crippen molar-refractivity contribution >= 4 is 29.4 Å². The number of carbonyl (C=O) groups excluding carboxylic acids is 2. The van der Waals surface area contributed by atoms with Gasteiger partial charge in [0.15, 0.2) is 24.7 Å². The quantitative estimate of drug-likeness (QED) is 0.736. The molecule has 0 aromatic heterocycles. The number of halogens is 1. The van der Waals surface area contributed by atoms with Gasteiger partial charge in [0.25, 0.3) is 11.8 Å². The molecule has 0 aliphatic carbocycles. The average molecular weight is 406 g/mol. The molecular weight excluding hydrogens is 390 g/mol. The molecule has 0 atom stereocenters. The molecule has 2 aromatic carbocycles. The third-order valence-electron chi connectivity index (χ3n) is 3.99. The Bertz CT molecular complexity index is 944. The fourth-order valence-corrected chi connectivity index (χ4v) is 2.86. The van der Waals surface area contributed by atoms with E-state index in [1.165, 1.54) is 19.2 Å². The number of amides is 2. The first kappa shape index (κ1) is 19.5. The smallest absolute Gasteiger partial charge is 0.341 e. The van der Waals surface area contributed by atoms with Gasteiger partial charge in [0, 0.05) is 5.02 Å². The van der Waals surface area contributed by atoms with E-state index in [2.05, 4.69) is 0 Å². The van der Waals surface area contributed by atoms with Crippen LogP contribution in [0.3, 0.4) is 0 Å². The van der Waals surface area contributed by atoms with E-state index in [9.17, 15) is 14.4 Å². The van der Waals surface area contributed by atoms with E-state index < -0.39 is 24.4 Å². The van der Waals surface area contributed by atoms with Gasteiger partial charge in [0.1, 0.15) is 5.75 Å². The molecule has 0 bridgehead atoms. The summed E-state index contributed by atoms with van der Waals surface area (Å²) in [5, 5.41) is 9.08. The van der Waals surface area contributed by atoms with Crippen molar-refractivity contribution in [3.05, 3.63) is 52.5 Å². The van der Waals surface area contributed by atoms with Crippen LogP contribution in [-0.2, 0) is 16.1 Å². The molecule has 1 aliphatic heterocycles. The van der Waals surface area contributed by atoms with Crippen molar-refractivity contribution < 1.29 is 33.7 Å². The number of hydrogen-bond acceptors (Lipinski definition) is 6. The maximum absolute atomic E-state index is 12.8. The number of rotatable bonds is 6. The number of carboxylic acids is 1. The Kier molecular flexibility index (Phi) is 5.70. The minimum absolute atomic E-state index is 0.0252. The molecule has 146 valence electrons. The minimum Gasteiger partial charge on any atom is -0.493 e. The normalized spacial score (nSPS) is 13.4. The lowest BCUT2D eigenvalue weighted by Gasteiger charge is -2.19. The first-order chi connectivity index (χ1) is 13.4. The van der Waals surface area contributed by atoms with E-state index in [4.69, 9.17) is 30.9 Å². The number of methoxy groups -OCH3 is 1. The summed E-state index contributed by atoms with van der Waals surface area (Å²) in [7, 11) is 1.40. The predicted octanol–water partition coefficient (Wildman–Crippen LogP) is 2.37. The van der Waals surface area contributed by atoms with Gasteiger partial charge in [-0.2, -0.15) is 0 Å². The fraction of sp³-hybridized carbons (Fsp3) is 0.211. The third kappa shape index (κ3) is 4.17. The monoisotopic (exact) mass is 405 g/mol. The van der Waals surface area contributed by atoms with Crippen LogP contribution in [0.25, 0.3) is 0 Å². The lowest BCUT2D eigenvalue weighted by atomic mass is 10.1. The van der Waals surface area contributed by atoms with Crippen LogP contribution >= 0.6 is 11.6 Å². The van der Waals surface area contributed by atoms with Crippen molar-refractivity contribution in [1.29, 1.82) is 0 Å². The number of aliphatic carboxylic acids is 1. The summed E-state index contributed by atoms with van der Waals surface area (Å²) >= 11 is 5.97. The van der Waals surface area contributed by atoms with Gasteiger partial charge in [0.05, 0.1) is 19.2 Å². The molecule has 1 N–H and O–H groups in total. The highest BCUT2D eigenvalue weighted by molar-refractivity contribution is 6.31. The minimum atomic E-state index is -1.12. The summed E-state index contributed by atoms with van der Waals surface area (Å²) in [5.41, 5.74) is 0.790. The van der Waals surface area contributed by atoms with Crippen molar-refractivity contribution in [2.24, 2.45) is 0 Å². The number of nitrogens with zero attached hydrogens (tertiary/aromatic N) is 1. The molecule has 1 aliphatic rings. The Morgan fingerprint density at radius 1 is 1.21 bits per heavy atom. The van der Waals surface area contributed by atoms with Crippen LogP contribution in [-0.4, -0.2) is 48.1 Å². The molecule has 0 saturated heterocycles. The van der Waals surface area contributed by atoms with Crippen LogP contribution in [0.1, 0.15) is 15.9 Å². The maximum atomic E-state index is 12.8. The van der Waals surface area contributed by atoms with Gasteiger partial charge < -0.3 is 19.3 Å². The number of fused-ring (bicyclic) bond motifs is 1. The van der Waals surface area contributed by atoms with E-state index in [0.717, 1.165) is 4.90 Å². The van der Waals surface area contributed by atoms with Gasteiger partial charge in [-0.25, -0.2) is 4.79 Å². The highest BCUT2D eigenvalue weighted by Gasteiger charge is 2.30. The summed E-state index contributed by atoms with van der Waals surface area (Å²) in [5.74, 6) is -1.33. The molecular formula is C19H16ClNO7. The molecule has 28 heavy (non-hydrogen) atoms. The van der Waals surface area contributed by atoms with E-state index in [0.29, 0.717) is 16.3 Å². The number of ether oxygens (including phenoxy) is 3. The second-order valence-electron chi connectivity index (χ2n) is 5.88. The number of hydrogen-bond donors (Lipinski definition) is 1. The van der Waals surface area contributed by atoms with Crippen molar-refractivity contribution in [2.45, 2.75) is 6.54 Å². The van der Waals surface area contributed by atoms with E-state index in [1.807, 2.05) is 0 Å². The highest BCUT2D eigenvalue weighted by atomic mass is 35.5. The van der Waals surface area contributed by atoms with Gasteiger partial charge in [-0.3, -0.25) is 14.5 Å². The van der Waals surface area contributed by atoms with Crippen LogP contribution in [0.15, 0.2) is 36.4 Å². The van der Waals surface area contributed by atoms with Crippen molar-refractivity contribution in [1.82, 2.24) is 4.90 Å². The molecule has 1 heterocycles. The summed E-state index contributed by atoms with van der Waals surface area (Å²) in [6.07, 6.45) is 0. The molecule has 3 rings (SSSR count). The SMILES string of the molecule is COc1cc(CN2C(=O)COc3ccc(Cl)cc3C2=O)ccc1OCC(=O)O. The predicted molar refractivity (Wildman–Crippen MR) is 98.0 cm³/mol. The van der Waals surface area contributed by atoms with Crippen molar-refractivity contribution in [3.8, 4) is 17.2 Å². The molecule has 0 unspecified atom stereocenters. The van der Waals surface area contributed by atoms with Crippen LogP contribution in [0.2, 0.25) is 5.02 Å². The Morgan fingerprint density at radius 2 is 2.00 bits per heavy atom. The fourth-order valence-electron chi connectivity index (χ4n) is 2.68.